The first-order valence-corrected chi connectivity index (χ1v) is 8.05. The lowest BCUT2D eigenvalue weighted by molar-refractivity contribution is 0.201. The lowest BCUT2D eigenvalue weighted by Gasteiger charge is -2.20. The molecule has 0 radical (unpaired) electrons. The molecule has 2 aromatic heterocycles. The van der Waals surface area contributed by atoms with Crippen LogP contribution in [0.5, 0.6) is 0 Å². The third kappa shape index (κ3) is 2.70. The Labute approximate surface area is 129 Å². The lowest BCUT2D eigenvalue weighted by atomic mass is 10.2. The minimum atomic E-state index is 0.298. The van der Waals surface area contributed by atoms with Gasteiger partial charge in [0.15, 0.2) is 0 Å². The van der Waals surface area contributed by atoms with E-state index in [1.54, 1.807) is 6.20 Å². The van der Waals surface area contributed by atoms with Crippen LogP contribution in [0.3, 0.4) is 0 Å². The molecule has 1 N–H and O–H groups in total. The van der Waals surface area contributed by atoms with Crippen LogP contribution in [-0.2, 0) is 0 Å². The van der Waals surface area contributed by atoms with Gasteiger partial charge in [-0.1, -0.05) is 5.16 Å². The molecular weight excluding hydrogens is 278 g/mol. The zero-order valence-electron chi connectivity index (χ0n) is 12.8. The van der Waals surface area contributed by atoms with Gasteiger partial charge < -0.3 is 9.84 Å². The minimum Gasteiger partial charge on any atom is -0.373 e. The normalized spacial score (nSPS) is 22.1. The average Bonchev–Trinajstić information content (AvgIpc) is 3.04. The summed E-state index contributed by atoms with van der Waals surface area (Å²) in [6, 6.07) is 4.18. The van der Waals surface area contributed by atoms with E-state index < -0.39 is 0 Å². The minimum absolute atomic E-state index is 0.298. The molecule has 116 valence electrons. The molecule has 1 aliphatic heterocycles. The Morgan fingerprint density at radius 3 is 2.95 bits per heavy atom. The van der Waals surface area contributed by atoms with Gasteiger partial charge in [0.25, 0.3) is 0 Å². The molecule has 1 unspecified atom stereocenters. The summed E-state index contributed by atoms with van der Waals surface area (Å²) < 4.78 is 5.55. The smallest absolute Gasteiger partial charge is 0.244 e. The number of nitrogens with zero attached hydrogens (tertiary/aromatic N) is 4. The van der Waals surface area contributed by atoms with Crippen molar-refractivity contribution in [2.75, 3.05) is 25.5 Å². The summed E-state index contributed by atoms with van der Waals surface area (Å²) in [7, 11) is 1.85. The van der Waals surface area contributed by atoms with E-state index in [0.29, 0.717) is 11.9 Å². The average molecular weight is 299 g/mol. The van der Waals surface area contributed by atoms with Gasteiger partial charge in [-0.15, -0.1) is 0 Å². The SMILES string of the molecule is CNc1ccc(-c2noc(C3CCCN3CC3CC3)n2)cn1. The van der Waals surface area contributed by atoms with Crippen LogP contribution in [0.15, 0.2) is 22.9 Å². The predicted molar refractivity (Wildman–Crippen MR) is 83.3 cm³/mol. The van der Waals surface area contributed by atoms with E-state index in [4.69, 9.17) is 4.52 Å². The molecule has 2 aliphatic rings. The molecule has 6 heteroatoms. The Morgan fingerprint density at radius 2 is 2.23 bits per heavy atom. The number of nitrogens with one attached hydrogen (secondary N) is 1. The fourth-order valence-electron chi connectivity index (χ4n) is 3.12. The van der Waals surface area contributed by atoms with Crippen molar-refractivity contribution >= 4 is 5.82 Å². The van der Waals surface area contributed by atoms with Gasteiger partial charge in [-0.25, -0.2) is 4.98 Å². The molecule has 1 saturated carbocycles. The fraction of sp³-hybridized carbons (Fsp3) is 0.562. The molecule has 1 saturated heterocycles. The largest absolute Gasteiger partial charge is 0.373 e. The Hall–Kier alpha value is -1.95. The van der Waals surface area contributed by atoms with E-state index in [-0.39, 0.29) is 0 Å². The van der Waals surface area contributed by atoms with Crippen LogP contribution in [0.4, 0.5) is 5.82 Å². The summed E-state index contributed by atoms with van der Waals surface area (Å²) in [6.07, 6.45) is 6.86. The lowest BCUT2D eigenvalue weighted by Crippen LogP contribution is -2.25. The zero-order chi connectivity index (χ0) is 14.9. The highest BCUT2D eigenvalue weighted by Gasteiger charge is 2.34. The molecular formula is C16H21N5O. The molecule has 1 atom stereocenters. The van der Waals surface area contributed by atoms with Gasteiger partial charge in [-0.3, -0.25) is 4.90 Å². The maximum atomic E-state index is 5.55. The van der Waals surface area contributed by atoms with Crippen molar-refractivity contribution in [1.82, 2.24) is 20.0 Å². The number of pyridine rings is 1. The van der Waals surface area contributed by atoms with Crippen LogP contribution in [0.2, 0.25) is 0 Å². The molecule has 22 heavy (non-hydrogen) atoms. The van der Waals surface area contributed by atoms with Crippen molar-refractivity contribution in [3.63, 3.8) is 0 Å². The molecule has 6 nitrogen and oxygen atoms in total. The Bertz CT molecular complexity index is 634. The molecule has 0 aromatic carbocycles. The molecule has 0 spiro atoms. The Morgan fingerprint density at radius 1 is 1.32 bits per heavy atom. The van der Waals surface area contributed by atoms with Gasteiger partial charge in [-0.2, -0.15) is 4.98 Å². The third-order valence-electron chi connectivity index (χ3n) is 4.56. The number of aromatic nitrogens is 3. The molecule has 0 amide bonds. The second-order valence-corrected chi connectivity index (χ2v) is 6.23. The van der Waals surface area contributed by atoms with Crippen LogP contribution in [-0.4, -0.2) is 40.2 Å². The van der Waals surface area contributed by atoms with Crippen LogP contribution >= 0.6 is 0 Å². The van der Waals surface area contributed by atoms with E-state index in [1.165, 1.54) is 25.8 Å². The standard InChI is InChI=1S/C16H21N5O/c1-17-14-7-6-12(9-18-14)15-19-16(22-20-15)13-3-2-8-21(13)10-11-4-5-11/h6-7,9,11,13H,2-5,8,10H2,1H3,(H,17,18). The first kappa shape index (κ1) is 13.7. The molecule has 3 heterocycles. The first-order valence-electron chi connectivity index (χ1n) is 8.05. The predicted octanol–water partition coefficient (Wildman–Crippen LogP) is 2.72. The van der Waals surface area contributed by atoms with Crippen LogP contribution in [0.1, 0.15) is 37.6 Å². The van der Waals surface area contributed by atoms with Crippen LogP contribution in [0.25, 0.3) is 11.4 Å². The first-order chi connectivity index (χ1) is 10.8. The maximum Gasteiger partial charge on any atom is 0.244 e. The molecule has 4 rings (SSSR count). The summed E-state index contributed by atoms with van der Waals surface area (Å²) in [5, 5.41) is 7.15. The van der Waals surface area contributed by atoms with Gasteiger partial charge in [-0.05, 0) is 50.3 Å². The van der Waals surface area contributed by atoms with Crippen molar-refractivity contribution in [3.8, 4) is 11.4 Å². The van der Waals surface area contributed by atoms with E-state index >= 15 is 0 Å². The second kappa shape index (κ2) is 5.68. The van der Waals surface area contributed by atoms with Crippen molar-refractivity contribution in [2.24, 2.45) is 5.92 Å². The Kier molecular flexibility index (Phi) is 3.54. The number of likely N-dealkylation sites (tertiary alicyclic amines) is 1. The van der Waals surface area contributed by atoms with E-state index in [1.807, 2.05) is 19.2 Å². The van der Waals surface area contributed by atoms with Crippen LogP contribution in [0, 0.1) is 5.92 Å². The fourth-order valence-corrected chi connectivity index (χ4v) is 3.12. The number of anilines is 1. The van der Waals surface area contributed by atoms with E-state index in [0.717, 1.165) is 36.2 Å². The number of hydrogen-bond acceptors (Lipinski definition) is 6. The maximum absolute atomic E-state index is 5.55. The van der Waals surface area contributed by atoms with Gasteiger partial charge in [0.1, 0.15) is 5.82 Å². The van der Waals surface area contributed by atoms with Gasteiger partial charge in [0, 0.05) is 25.4 Å². The molecule has 1 aliphatic carbocycles. The quantitative estimate of drug-likeness (QED) is 0.915. The highest BCUT2D eigenvalue weighted by atomic mass is 16.5. The van der Waals surface area contributed by atoms with Crippen molar-refractivity contribution < 1.29 is 4.52 Å². The van der Waals surface area contributed by atoms with E-state index in [2.05, 4.69) is 25.3 Å². The van der Waals surface area contributed by atoms with Gasteiger partial charge >= 0.3 is 0 Å². The molecule has 2 aromatic rings. The van der Waals surface area contributed by atoms with Gasteiger partial charge in [0.2, 0.25) is 11.7 Å². The summed E-state index contributed by atoms with van der Waals surface area (Å²) >= 11 is 0. The summed E-state index contributed by atoms with van der Waals surface area (Å²) in [4.78, 5) is 11.4. The highest BCUT2D eigenvalue weighted by molar-refractivity contribution is 5.55. The van der Waals surface area contributed by atoms with E-state index in [9.17, 15) is 0 Å². The highest BCUT2D eigenvalue weighted by Crippen LogP contribution is 2.37. The van der Waals surface area contributed by atoms with Crippen molar-refractivity contribution in [2.45, 2.75) is 31.7 Å². The molecule has 0 bridgehead atoms. The van der Waals surface area contributed by atoms with Crippen LogP contribution < -0.4 is 5.32 Å². The van der Waals surface area contributed by atoms with Crippen molar-refractivity contribution in [1.29, 1.82) is 0 Å². The van der Waals surface area contributed by atoms with Crippen molar-refractivity contribution in [3.05, 3.63) is 24.2 Å². The van der Waals surface area contributed by atoms with Gasteiger partial charge in [0.05, 0.1) is 6.04 Å². The number of hydrogen-bond donors (Lipinski definition) is 1. The number of rotatable bonds is 5. The molecule has 2 fully saturated rings. The Balaban J connectivity index is 1.52. The summed E-state index contributed by atoms with van der Waals surface area (Å²) in [5.74, 6) is 3.11. The monoisotopic (exact) mass is 299 g/mol. The summed E-state index contributed by atoms with van der Waals surface area (Å²) in [5.41, 5.74) is 0.890. The third-order valence-corrected chi connectivity index (χ3v) is 4.56. The second-order valence-electron chi connectivity index (χ2n) is 6.23. The zero-order valence-corrected chi connectivity index (χ0v) is 12.8. The topological polar surface area (TPSA) is 67.1 Å². The summed E-state index contributed by atoms with van der Waals surface area (Å²) in [6.45, 7) is 2.33.